The molecule has 2 unspecified atom stereocenters. The molecule has 2 atom stereocenters. The molecule has 5 nitrogen and oxygen atoms in total. The molecule has 0 bridgehead atoms. The highest BCUT2D eigenvalue weighted by atomic mass is 16.5. The minimum atomic E-state index is -0.503. The number of nitrogens with one attached hydrogen (secondary N) is 1. The number of aliphatic hydroxyl groups excluding tert-OH is 1. The molecule has 112 valence electrons. The van der Waals surface area contributed by atoms with Crippen LogP contribution < -0.4 is 14.8 Å². The fourth-order valence-corrected chi connectivity index (χ4v) is 2.43. The van der Waals surface area contributed by atoms with Gasteiger partial charge in [0, 0.05) is 37.7 Å². The Labute approximate surface area is 119 Å². The highest BCUT2D eigenvalue weighted by Crippen LogP contribution is 2.34. The van der Waals surface area contributed by atoms with E-state index < -0.39 is 6.10 Å². The molecule has 0 spiro atoms. The zero-order valence-corrected chi connectivity index (χ0v) is 12.3. The van der Waals surface area contributed by atoms with Gasteiger partial charge >= 0.3 is 0 Å². The van der Waals surface area contributed by atoms with Gasteiger partial charge < -0.3 is 24.6 Å². The van der Waals surface area contributed by atoms with Crippen LogP contribution in [0.1, 0.15) is 18.1 Å². The van der Waals surface area contributed by atoms with Crippen molar-refractivity contribution in [1.82, 2.24) is 5.32 Å². The molecule has 2 rings (SSSR count). The maximum Gasteiger partial charge on any atom is 0.123 e. The van der Waals surface area contributed by atoms with Gasteiger partial charge in [-0.05, 0) is 19.1 Å². The van der Waals surface area contributed by atoms with Crippen LogP contribution in [-0.4, -0.2) is 44.7 Å². The molecule has 1 aromatic carbocycles. The van der Waals surface area contributed by atoms with Gasteiger partial charge in [0.2, 0.25) is 0 Å². The Kier molecular flexibility index (Phi) is 5.23. The number of hydrogen-bond donors (Lipinski definition) is 2. The number of hydrogen-bond acceptors (Lipinski definition) is 5. The average molecular weight is 281 g/mol. The number of ether oxygens (including phenoxy) is 3. The second-order valence-electron chi connectivity index (χ2n) is 5.14. The van der Waals surface area contributed by atoms with Crippen molar-refractivity contribution in [3.8, 4) is 11.5 Å². The Morgan fingerprint density at radius 3 is 2.95 bits per heavy atom. The zero-order chi connectivity index (χ0) is 14.5. The first-order valence-electron chi connectivity index (χ1n) is 6.88. The molecule has 0 amide bonds. The average Bonchev–Trinajstić information content (AvgIpc) is 2.77. The van der Waals surface area contributed by atoms with E-state index in [0.29, 0.717) is 19.7 Å². The zero-order valence-electron chi connectivity index (χ0n) is 12.3. The van der Waals surface area contributed by atoms with Crippen LogP contribution in [0.15, 0.2) is 12.1 Å². The lowest BCUT2D eigenvalue weighted by Gasteiger charge is -2.14. The van der Waals surface area contributed by atoms with E-state index in [1.807, 2.05) is 12.1 Å². The van der Waals surface area contributed by atoms with Crippen molar-refractivity contribution in [2.24, 2.45) is 0 Å². The minimum Gasteiger partial charge on any atom is -0.496 e. The van der Waals surface area contributed by atoms with Crippen molar-refractivity contribution >= 4 is 0 Å². The molecular weight excluding hydrogens is 258 g/mol. The van der Waals surface area contributed by atoms with E-state index in [1.54, 1.807) is 14.2 Å². The van der Waals surface area contributed by atoms with Crippen molar-refractivity contribution in [2.75, 3.05) is 27.4 Å². The van der Waals surface area contributed by atoms with Gasteiger partial charge in [0.05, 0.1) is 19.8 Å². The normalized spacial score (nSPS) is 18.5. The molecule has 0 saturated heterocycles. The lowest BCUT2D eigenvalue weighted by molar-refractivity contribution is 0.0644. The topological polar surface area (TPSA) is 60.0 Å². The summed E-state index contributed by atoms with van der Waals surface area (Å²) in [5.41, 5.74) is 2.22. The van der Waals surface area contributed by atoms with Crippen molar-refractivity contribution < 1.29 is 19.3 Å². The number of aliphatic hydroxyl groups is 1. The fourth-order valence-electron chi connectivity index (χ4n) is 2.43. The highest BCUT2D eigenvalue weighted by molar-refractivity contribution is 5.48. The lowest BCUT2D eigenvalue weighted by atomic mass is 10.1. The summed E-state index contributed by atoms with van der Waals surface area (Å²) >= 11 is 0. The highest BCUT2D eigenvalue weighted by Gasteiger charge is 2.21. The molecule has 0 aliphatic carbocycles. The lowest BCUT2D eigenvalue weighted by Crippen LogP contribution is -2.29. The van der Waals surface area contributed by atoms with Gasteiger partial charge in [-0.3, -0.25) is 0 Å². The third-order valence-electron chi connectivity index (χ3n) is 3.35. The standard InChI is InChI=1S/C15H23NO4/c1-10-4-11-5-14(19-3)12(6-15(11)20-10)7-16-8-13(17)9-18-2/h5-6,10,13,16-17H,4,7-9H2,1-3H3. The van der Waals surface area contributed by atoms with Crippen LogP contribution in [0.3, 0.4) is 0 Å². The Hall–Kier alpha value is -1.30. The van der Waals surface area contributed by atoms with Crippen LogP contribution in [0.5, 0.6) is 11.5 Å². The van der Waals surface area contributed by atoms with Gasteiger partial charge in [0.15, 0.2) is 0 Å². The summed E-state index contributed by atoms with van der Waals surface area (Å²) < 4.78 is 16.1. The maximum atomic E-state index is 9.60. The predicted molar refractivity (Wildman–Crippen MR) is 76.4 cm³/mol. The van der Waals surface area contributed by atoms with Crippen LogP contribution in [0.4, 0.5) is 0 Å². The third kappa shape index (κ3) is 3.62. The summed E-state index contributed by atoms with van der Waals surface area (Å²) in [5, 5.41) is 12.8. The van der Waals surface area contributed by atoms with E-state index in [-0.39, 0.29) is 6.10 Å². The summed E-state index contributed by atoms with van der Waals surface area (Å²) in [5.74, 6) is 1.79. The summed E-state index contributed by atoms with van der Waals surface area (Å²) in [6.07, 6.45) is 0.643. The van der Waals surface area contributed by atoms with Crippen LogP contribution in [0.2, 0.25) is 0 Å². The molecule has 1 aromatic rings. The summed E-state index contributed by atoms with van der Waals surface area (Å²) in [7, 11) is 3.25. The van der Waals surface area contributed by atoms with E-state index >= 15 is 0 Å². The van der Waals surface area contributed by atoms with Gasteiger partial charge in [-0.15, -0.1) is 0 Å². The SMILES string of the molecule is COCC(O)CNCc1cc2c(cc1OC)CC(C)O2. The first kappa shape index (κ1) is 15.1. The number of fused-ring (bicyclic) bond motifs is 1. The van der Waals surface area contributed by atoms with Gasteiger partial charge in [-0.1, -0.05) is 0 Å². The van der Waals surface area contributed by atoms with E-state index in [9.17, 15) is 5.11 Å². The quantitative estimate of drug-likeness (QED) is 0.784. The molecule has 0 radical (unpaired) electrons. The number of benzene rings is 1. The van der Waals surface area contributed by atoms with Gasteiger partial charge in [-0.25, -0.2) is 0 Å². The first-order chi connectivity index (χ1) is 9.63. The monoisotopic (exact) mass is 281 g/mol. The van der Waals surface area contributed by atoms with E-state index in [1.165, 1.54) is 5.56 Å². The fraction of sp³-hybridized carbons (Fsp3) is 0.600. The molecule has 2 N–H and O–H groups in total. The molecule has 1 aliphatic heterocycles. The first-order valence-corrected chi connectivity index (χ1v) is 6.88. The van der Waals surface area contributed by atoms with Crippen LogP contribution >= 0.6 is 0 Å². The van der Waals surface area contributed by atoms with Gasteiger partial charge in [0.1, 0.15) is 17.6 Å². The largest absolute Gasteiger partial charge is 0.496 e. The van der Waals surface area contributed by atoms with Crippen LogP contribution in [-0.2, 0) is 17.7 Å². The van der Waals surface area contributed by atoms with Gasteiger partial charge in [0.25, 0.3) is 0 Å². The van der Waals surface area contributed by atoms with E-state index in [0.717, 1.165) is 23.5 Å². The van der Waals surface area contributed by atoms with E-state index in [2.05, 4.69) is 12.2 Å². The number of rotatable bonds is 7. The Balaban J connectivity index is 1.99. The Bertz CT molecular complexity index is 450. The second-order valence-corrected chi connectivity index (χ2v) is 5.14. The Morgan fingerprint density at radius 2 is 2.25 bits per heavy atom. The molecular formula is C15H23NO4. The summed E-state index contributed by atoms with van der Waals surface area (Å²) in [4.78, 5) is 0. The molecule has 1 heterocycles. The molecule has 0 aromatic heterocycles. The minimum absolute atomic E-state index is 0.224. The van der Waals surface area contributed by atoms with Crippen LogP contribution in [0, 0.1) is 0 Å². The molecule has 20 heavy (non-hydrogen) atoms. The predicted octanol–water partition coefficient (Wildman–Crippen LogP) is 1.12. The molecule has 0 fully saturated rings. The second kappa shape index (κ2) is 6.92. The molecule has 5 heteroatoms. The van der Waals surface area contributed by atoms with Gasteiger partial charge in [-0.2, -0.15) is 0 Å². The maximum absolute atomic E-state index is 9.60. The third-order valence-corrected chi connectivity index (χ3v) is 3.35. The molecule has 1 aliphatic rings. The van der Waals surface area contributed by atoms with Crippen molar-refractivity contribution in [3.05, 3.63) is 23.3 Å². The van der Waals surface area contributed by atoms with Crippen molar-refractivity contribution in [2.45, 2.75) is 32.1 Å². The summed E-state index contributed by atoms with van der Waals surface area (Å²) in [6, 6.07) is 4.06. The molecule has 0 saturated carbocycles. The summed E-state index contributed by atoms with van der Waals surface area (Å²) in [6.45, 7) is 3.49. The van der Waals surface area contributed by atoms with Crippen LogP contribution in [0.25, 0.3) is 0 Å². The van der Waals surface area contributed by atoms with Crippen molar-refractivity contribution in [1.29, 1.82) is 0 Å². The smallest absolute Gasteiger partial charge is 0.123 e. The number of methoxy groups -OCH3 is 2. The van der Waals surface area contributed by atoms with Crippen molar-refractivity contribution in [3.63, 3.8) is 0 Å². The van der Waals surface area contributed by atoms with E-state index in [4.69, 9.17) is 14.2 Å². The Morgan fingerprint density at radius 1 is 1.45 bits per heavy atom.